The smallest absolute Gasteiger partial charge is 0.0591 e. The number of hydrogen-bond acceptors (Lipinski definition) is 3. The molecule has 3 N–H and O–H groups in total. The van der Waals surface area contributed by atoms with E-state index < -0.39 is 0 Å². The molecule has 0 spiro atoms. The van der Waals surface area contributed by atoms with Gasteiger partial charge in [-0.1, -0.05) is 45.4 Å². The molecule has 3 heteroatoms. The second-order valence-corrected chi connectivity index (χ2v) is 5.29. The molecule has 0 radical (unpaired) electrons. The zero-order chi connectivity index (χ0) is 12.3. The van der Waals surface area contributed by atoms with Crippen LogP contribution in [0.1, 0.15) is 71.1 Å². The van der Waals surface area contributed by atoms with Crippen LogP contribution in [-0.4, -0.2) is 18.8 Å². The van der Waals surface area contributed by atoms with E-state index in [-0.39, 0.29) is 0 Å². The Hall–Kier alpha value is -0.120. The van der Waals surface area contributed by atoms with Crippen LogP contribution in [0.3, 0.4) is 0 Å². The van der Waals surface area contributed by atoms with Crippen LogP contribution < -0.4 is 11.3 Å². The van der Waals surface area contributed by atoms with Gasteiger partial charge < -0.3 is 4.74 Å². The van der Waals surface area contributed by atoms with Gasteiger partial charge in [0.2, 0.25) is 0 Å². The zero-order valence-corrected chi connectivity index (χ0v) is 11.4. The third-order valence-electron chi connectivity index (χ3n) is 3.71. The predicted molar refractivity (Wildman–Crippen MR) is 72.7 cm³/mol. The van der Waals surface area contributed by atoms with E-state index in [9.17, 15) is 0 Å². The maximum absolute atomic E-state index is 5.65. The summed E-state index contributed by atoms with van der Waals surface area (Å²) in [5, 5.41) is 0. The van der Waals surface area contributed by atoms with Crippen LogP contribution >= 0.6 is 0 Å². The van der Waals surface area contributed by atoms with Crippen molar-refractivity contribution in [2.75, 3.05) is 6.61 Å². The maximum atomic E-state index is 5.65. The first-order chi connectivity index (χ1) is 8.36. The highest BCUT2D eigenvalue weighted by atomic mass is 16.5. The molecule has 0 aliphatic carbocycles. The molecule has 3 nitrogen and oxygen atoms in total. The molecule has 1 rings (SSSR count). The fourth-order valence-electron chi connectivity index (χ4n) is 2.59. The van der Waals surface area contributed by atoms with Crippen molar-refractivity contribution in [3.05, 3.63) is 0 Å². The summed E-state index contributed by atoms with van der Waals surface area (Å²) in [4.78, 5) is 0. The lowest BCUT2D eigenvalue weighted by Gasteiger charge is -2.19. The topological polar surface area (TPSA) is 47.3 Å². The first kappa shape index (κ1) is 14.9. The average Bonchev–Trinajstić information content (AvgIpc) is 2.85. The fraction of sp³-hybridized carbons (Fsp3) is 1.00. The largest absolute Gasteiger partial charge is 0.378 e. The molecule has 1 saturated heterocycles. The van der Waals surface area contributed by atoms with Gasteiger partial charge in [0.1, 0.15) is 0 Å². The Labute approximate surface area is 106 Å². The number of rotatable bonds is 10. The van der Waals surface area contributed by atoms with Crippen molar-refractivity contribution in [2.45, 2.75) is 83.3 Å². The zero-order valence-electron chi connectivity index (χ0n) is 11.4. The number of nitrogens with two attached hydrogens (primary N) is 1. The second kappa shape index (κ2) is 9.86. The van der Waals surface area contributed by atoms with Gasteiger partial charge in [0.15, 0.2) is 0 Å². The van der Waals surface area contributed by atoms with Crippen LogP contribution in [0.15, 0.2) is 0 Å². The molecule has 0 aromatic heterocycles. The highest BCUT2D eigenvalue weighted by molar-refractivity contribution is 4.73. The highest BCUT2D eigenvalue weighted by Gasteiger charge is 2.19. The van der Waals surface area contributed by atoms with E-state index in [4.69, 9.17) is 10.6 Å². The molecule has 1 fully saturated rings. The van der Waals surface area contributed by atoms with Crippen LogP contribution in [-0.2, 0) is 4.74 Å². The number of hydrazine groups is 1. The lowest BCUT2D eigenvalue weighted by molar-refractivity contribution is 0.0933. The van der Waals surface area contributed by atoms with Gasteiger partial charge in [-0.15, -0.1) is 0 Å². The predicted octanol–water partition coefficient (Wildman–Crippen LogP) is 3.14. The normalized spacial score (nSPS) is 21.9. The van der Waals surface area contributed by atoms with Gasteiger partial charge in [-0.25, -0.2) is 0 Å². The molecule has 0 bridgehead atoms. The minimum absolute atomic E-state index is 0.448. The molecule has 1 aliphatic rings. The molecule has 0 aromatic carbocycles. The van der Waals surface area contributed by atoms with Gasteiger partial charge in [0.05, 0.1) is 6.10 Å². The monoisotopic (exact) mass is 242 g/mol. The highest BCUT2D eigenvalue weighted by Crippen LogP contribution is 2.19. The SMILES string of the molecule is CCCCCCCCC(CC1CCCO1)NN. The number of hydrogen-bond donors (Lipinski definition) is 2. The molecule has 102 valence electrons. The van der Waals surface area contributed by atoms with Crippen molar-refractivity contribution >= 4 is 0 Å². The quantitative estimate of drug-likeness (QED) is 0.351. The van der Waals surface area contributed by atoms with Crippen molar-refractivity contribution in [1.29, 1.82) is 0 Å². The average molecular weight is 242 g/mol. The molecule has 1 aliphatic heterocycles. The second-order valence-electron chi connectivity index (χ2n) is 5.29. The Kier molecular flexibility index (Phi) is 8.67. The first-order valence-corrected chi connectivity index (χ1v) is 7.44. The summed E-state index contributed by atoms with van der Waals surface area (Å²) in [6.07, 6.45) is 13.3. The van der Waals surface area contributed by atoms with Crippen LogP contribution in [0.4, 0.5) is 0 Å². The third kappa shape index (κ3) is 7.02. The van der Waals surface area contributed by atoms with Crippen LogP contribution in [0.5, 0.6) is 0 Å². The summed E-state index contributed by atoms with van der Waals surface area (Å²) >= 11 is 0. The Bertz CT molecular complexity index is 170. The Balaban J connectivity index is 1.97. The van der Waals surface area contributed by atoms with Gasteiger partial charge in [-0.3, -0.25) is 11.3 Å². The van der Waals surface area contributed by atoms with E-state index >= 15 is 0 Å². The fourth-order valence-corrected chi connectivity index (χ4v) is 2.59. The maximum Gasteiger partial charge on any atom is 0.0591 e. The third-order valence-corrected chi connectivity index (χ3v) is 3.71. The van der Waals surface area contributed by atoms with Crippen LogP contribution in [0.2, 0.25) is 0 Å². The molecule has 0 saturated carbocycles. The molecule has 0 aromatic rings. The van der Waals surface area contributed by atoms with E-state index in [0.29, 0.717) is 12.1 Å². The summed E-state index contributed by atoms with van der Waals surface area (Å²) in [6.45, 7) is 3.20. The van der Waals surface area contributed by atoms with Gasteiger partial charge >= 0.3 is 0 Å². The van der Waals surface area contributed by atoms with Crippen molar-refractivity contribution in [1.82, 2.24) is 5.43 Å². The van der Waals surface area contributed by atoms with E-state index in [1.165, 1.54) is 57.8 Å². The van der Waals surface area contributed by atoms with Crippen molar-refractivity contribution in [3.63, 3.8) is 0 Å². The Morgan fingerprint density at radius 2 is 2.00 bits per heavy atom. The molecule has 0 amide bonds. The van der Waals surface area contributed by atoms with Crippen molar-refractivity contribution < 1.29 is 4.74 Å². The molecule has 2 atom stereocenters. The van der Waals surface area contributed by atoms with E-state index in [1.807, 2.05) is 0 Å². The molecule has 1 heterocycles. The van der Waals surface area contributed by atoms with E-state index in [1.54, 1.807) is 0 Å². The molecular weight excluding hydrogens is 212 g/mol. The molecule has 17 heavy (non-hydrogen) atoms. The van der Waals surface area contributed by atoms with Gasteiger partial charge in [-0.2, -0.15) is 0 Å². The van der Waals surface area contributed by atoms with Crippen molar-refractivity contribution in [3.8, 4) is 0 Å². The lowest BCUT2D eigenvalue weighted by Crippen LogP contribution is -2.37. The molecular formula is C14H30N2O. The Morgan fingerprint density at radius 1 is 1.24 bits per heavy atom. The lowest BCUT2D eigenvalue weighted by atomic mass is 10.0. The minimum Gasteiger partial charge on any atom is -0.378 e. The van der Waals surface area contributed by atoms with E-state index in [2.05, 4.69) is 12.3 Å². The summed E-state index contributed by atoms with van der Waals surface area (Å²) in [5.74, 6) is 5.61. The Morgan fingerprint density at radius 3 is 2.65 bits per heavy atom. The van der Waals surface area contributed by atoms with Crippen LogP contribution in [0.25, 0.3) is 0 Å². The molecule has 2 unspecified atom stereocenters. The minimum atomic E-state index is 0.448. The van der Waals surface area contributed by atoms with Crippen molar-refractivity contribution in [2.24, 2.45) is 5.84 Å². The summed E-state index contributed by atoms with van der Waals surface area (Å²) in [5.41, 5.74) is 2.95. The number of nitrogens with one attached hydrogen (secondary N) is 1. The number of ether oxygens (including phenoxy) is 1. The van der Waals surface area contributed by atoms with E-state index in [0.717, 1.165) is 13.0 Å². The number of unbranched alkanes of at least 4 members (excludes halogenated alkanes) is 5. The summed E-state index contributed by atoms with van der Waals surface area (Å²) in [7, 11) is 0. The van der Waals surface area contributed by atoms with Crippen LogP contribution in [0, 0.1) is 0 Å². The standard InChI is InChI=1S/C14H30N2O/c1-2-3-4-5-6-7-9-13(16-15)12-14-10-8-11-17-14/h13-14,16H,2-12,15H2,1H3. The summed E-state index contributed by atoms with van der Waals surface area (Å²) in [6, 6.07) is 0.448. The first-order valence-electron chi connectivity index (χ1n) is 7.44. The van der Waals surface area contributed by atoms with Gasteiger partial charge in [0.25, 0.3) is 0 Å². The van der Waals surface area contributed by atoms with Gasteiger partial charge in [0, 0.05) is 12.6 Å². The summed E-state index contributed by atoms with van der Waals surface area (Å²) < 4.78 is 5.65. The van der Waals surface area contributed by atoms with Gasteiger partial charge in [-0.05, 0) is 25.7 Å².